The Morgan fingerprint density at radius 1 is 0.328 bits per heavy atom. The van der Waals surface area contributed by atoms with Gasteiger partial charge in [-0.1, -0.05) is 182 Å². The highest BCUT2D eigenvalue weighted by Gasteiger charge is 2.23. The molecule has 0 saturated carbocycles. The zero-order chi connectivity index (χ0) is 38.4. The highest BCUT2D eigenvalue weighted by Crippen LogP contribution is 2.47. The molecule has 0 radical (unpaired) electrons. The number of hydrogen-bond acceptors (Lipinski definition) is 1. The van der Waals surface area contributed by atoms with Crippen LogP contribution in [0.4, 0.5) is 17.1 Å². The average molecular weight is 739 g/mol. The predicted molar refractivity (Wildman–Crippen MR) is 247 cm³/mol. The summed E-state index contributed by atoms with van der Waals surface area (Å²) in [5.74, 6) is 0. The van der Waals surface area contributed by atoms with Crippen molar-refractivity contribution in [3.63, 3.8) is 0 Å². The van der Waals surface area contributed by atoms with Crippen LogP contribution in [0.1, 0.15) is 0 Å². The van der Waals surface area contributed by atoms with Gasteiger partial charge in [0, 0.05) is 38.8 Å². The molecule has 0 aliphatic heterocycles. The van der Waals surface area contributed by atoms with Crippen molar-refractivity contribution in [3.8, 4) is 39.2 Å². The highest BCUT2D eigenvalue weighted by molar-refractivity contribution is 6.18. The van der Waals surface area contributed by atoms with Crippen molar-refractivity contribution >= 4 is 60.3 Å². The van der Waals surface area contributed by atoms with Crippen molar-refractivity contribution < 1.29 is 0 Å². The van der Waals surface area contributed by atoms with Gasteiger partial charge in [0.15, 0.2) is 0 Å². The molecular formula is C56H38N2. The molecule has 10 aromatic carbocycles. The first kappa shape index (κ1) is 33.6. The van der Waals surface area contributed by atoms with Gasteiger partial charge in [0.2, 0.25) is 0 Å². The van der Waals surface area contributed by atoms with Gasteiger partial charge in [-0.15, -0.1) is 0 Å². The summed E-state index contributed by atoms with van der Waals surface area (Å²) in [7, 11) is 0. The van der Waals surface area contributed by atoms with Gasteiger partial charge in [0.25, 0.3) is 0 Å². The van der Waals surface area contributed by atoms with E-state index < -0.39 is 0 Å². The van der Waals surface area contributed by atoms with E-state index in [0.29, 0.717) is 0 Å². The van der Waals surface area contributed by atoms with E-state index in [1.165, 1.54) is 76.7 Å². The first-order chi connectivity index (χ1) is 28.8. The summed E-state index contributed by atoms with van der Waals surface area (Å²) in [5, 5.41) is 8.53. The maximum absolute atomic E-state index is 2.48. The Kier molecular flexibility index (Phi) is 8.19. The van der Waals surface area contributed by atoms with E-state index in [1.807, 2.05) is 0 Å². The Morgan fingerprint density at radius 2 is 0.931 bits per heavy atom. The Bertz CT molecular complexity index is 3250. The number of rotatable bonds is 7. The molecule has 0 bridgehead atoms. The topological polar surface area (TPSA) is 8.17 Å². The largest absolute Gasteiger partial charge is 0.310 e. The SMILES string of the molecule is c1ccc(-c2c(-c3ccccc3)n(-c3ccccc3)c3c2ccc2c(-c4ccc5cc(N(c6ccccc6)c6cccc7ccccc67)ccc5c4)cccc23)cc1. The van der Waals surface area contributed by atoms with Crippen LogP contribution in [-0.2, 0) is 0 Å². The third kappa shape index (κ3) is 5.66. The Balaban J connectivity index is 1.09. The molecule has 1 aromatic heterocycles. The average Bonchev–Trinajstić information content (AvgIpc) is 3.66. The molecule has 0 fully saturated rings. The molecule has 0 unspecified atom stereocenters. The van der Waals surface area contributed by atoms with Crippen LogP contribution in [0.2, 0.25) is 0 Å². The van der Waals surface area contributed by atoms with E-state index in [1.54, 1.807) is 0 Å². The van der Waals surface area contributed by atoms with E-state index in [-0.39, 0.29) is 0 Å². The van der Waals surface area contributed by atoms with E-state index in [4.69, 9.17) is 0 Å². The van der Waals surface area contributed by atoms with Crippen LogP contribution in [0, 0.1) is 0 Å². The van der Waals surface area contributed by atoms with Crippen molar-refractivity contribution in [3.05, 3.63) is 231 Å². The molecule has 0 spiro atoms. The number of aromatic nitrogens is 1. The first-order valence-electron chi connectivity index (χ1n) is 19.9. The third-order valence-corrected chi connectivity index (χ3v) is 11.5. The monoisotopic (exact) mass is 738 g/mol. The Labute approximate surface area is 338 Å². The Morgan fingerprint density at radius 3 is 1.72 bits per heavy atom. The molecule has 0 saturated heterocycles. The second-order valence-electron chi connectivity index (χ2n) is 14.9. The summed E-state index contributed by atoms with van der Waals surface area (Å²) in [6, 6.07) is 83.6. The van der Waals surface area contributed by atoms with Crippen LogP contribution in [-0.4, -0.2) is 4.57 Å². The number of para-hydroxylation sites is 2. The molecular weight excluding hydrogens is 701 g/mol. The van der Waals surface area contributed by atoms with Crippen LogP contribution in [0.15, 0.2) is 231 Å². The van der Waals surface area contributed by atoms with Gasteiger partial charge in [0.1, 0.15) is 0 Å². The molecule has 11 aromatic rings. The van der Waals surface area contributed by atoms with Gasteiger partial charge in [-0.25, -0.2) is 0 Å². The summed E-state index contributed by atoms with van der Waals surface area (Å²) in [6.45, 7) is 0. The lowest BCUT2D eigenvalue weighted by Crippen LogP contribution is -2.10. The number of anilines is 3. The van der Waals surface area contributed by atoms with Gasteiger partial charge in [-0.2, -0.15) is 0 Å². The Hall–Kier alpha value is -7.68. The molecule has 58 heavy (non-hydrogen) atoms. The number of benzene rings is 10. The molecule has 2 heteroatoms. The zero-order valence-corrected chi connectivity index (χ0v) is 31.8. The van der Waals surface area contributed by atoms with Gasteiger partial charge in [-0.3, -0.25) is 0 Å². The standard InChI is InChI=1S/C56H38N2/c1-5-18-40(19-6-1)54-52-36-35-50-48(28-16-29-51(50)56(52)58(46-25-11-4-12-26-46)55(54)41-20-7-2-8-21-41)44-32-31-43-38-47(34-33-42(43)37-44)57(45-23-9-3-10-24-45)53-30-15-22-39-17-13-14-27-49(39)53/h1-38H. The molecule has 11 rings (SSSR count). The van der Waals surface area contributed by atoms with E-state index in [0.717, 1.165) is 22.7 Å². The van der Waals surface area contributed by atoms with Gasteiger partial charge in [0.05, 0.1) is 16.9 Å². The molecule has 0 N–H and O–H groups in total. The highest BCUT2D eigenvalue weighted by atomic mass is 15.1. The fourth-order valence-electron chi connectivity index (χ4n) is 8.94. The lowest BCUT2D eigenvalue weighted by atomic mass is 9.93. The van der Waals surface area contributed by atoms with Crippen molar-refractivity contribution in [1.29, 1.82) is 0 Å². The lowest BCUT2D eigenvalue weighted by molar-refractivity contribution is 1.14. The second-order valence-corrected chi connectivity index (χ2v) is 14.9. The normalized spacial score (nSPS) is 11.4. The molecule has 0 aliphatic carbocycles. The summed E-state index contributed by atoms with van der Waals surface area (Å²) in [4.78, 5) is 2.38. The maximum atomic E-state index is 2.48. The molecule has 1 heterocycles. The molecule has 0 amide bonds. The molecule has 2 nitrogen and oxygen atoms in total. The van der Waals surface area contributed by atoms with Gasteiger partial charge >= 0.3 is 0 Å². The fourth-order valence-corrected chi connectivity index (χ4v) is 8.94. The van der Waals surface area contributed by atoms with Crippen molar-refractivity contribution in [2.75, 3.05) is 4.90 Å². The van der Waals surface area contributed by atoms with Crippen LogP contribution < -0.4 is 4.90 Å². The fraction of sp³-hybridized carbons (Fsp3) is 0. The van der Waals surface area contributed by atoms with Crippen LogP contribution in [0.25, 0.3) is 82.4 Å². The smallest absolute Gasteiger partial charge is 0.0620 e. The van der Waals surface area contributed by atoms with Crippen molar-refractivity contribution in [2.45, 2.75) is 0 Å². The zero-order valence-electron chi connectivity index (χ0n) is 31.8. The summed E-state index contributed by atoms with van der Waals surface area (Å²) in [5.41, 5.74) is 13.0. The summed E-state index contributed by atoms with van der Waals surface area (Å²) >= 11 is 0. The summed E-state index contributed by atoms with van der Waals surface area (Å²) in [6.07, 6.45) is 0. The number of hydrogen-bond donors (Lipinski definition) is 0. The minimum Gasteiger partial charge on any atom is -0.310 e. The number of fused-ring (bicyclic) bond motifs is 5. The predicted octanol–water partition coefficient (Wildman–Crippen LogP) is 15.6. The van der Waals surface area contributed by atoms with Gasteiger partial charge < -0.3 is 9.47 Å². The lowest BCUT2D eigenvalue weighted by Gasteiger charge is -2.27. The van der Waals surface area contributed by atoms with E-state index in [9.17, 15) is 0 Å². The molecule has 272 valence electrons. The molecule has 0 aliphatic rings. The third-order valence-electron chi connectivity index (χ3n) is 11.5. The van der Waals surface area contributed by atoms with Crippen molar-refractivity contribution in [2.24, 2.45) is 0 Å². The van der Waals surface area contributed by atoms with Crippen LogP contribution in [0.5, 0.6) is 0 Å². The molecule has 0 atom stereocenters. The first-order valence-corrected chi connectivity index (χ1v) is 19.9. The minimum atomic E-state index is 1.13. The number of nitrogens with zero attached hydrogens (tertiary/aromatic N) is 2. The van der Waals surface area contributed by atoms with Crippen molar-refractivity contribution in [1.82, 2.24) is 4.57 Å². The van der Waals surface area contributed by atoms with E-state index >= 15 is 0 Å². The summed E-state index contributed by atoms with van der Waals surface area (Å²) < 4.78 is 2.48. The van der Waals surface area contributed by atoms with Crippen LogP contribution >= 0.6 is 0 Å². The minimum absolute atomic E-state index is 1.13. The van der Waals surface area contributed by atoms with E-state index in [2.05, 4.69) is 240 Å². The van der Waals surface area contributed by atoms with Crippen LogP contribution in [0.3, 0.4) is 0 Å². The second kappa shape index (κ2) is 14.1. The van der Waals surface area contributed by atoms with Gasteiger partial charge in [-0.05, 0) is 92.3 Å². The maximum Gasteiger partial charge on any atom is 0.0620 e. The quantitative estimate of drug-likeness (QED) is 0.158.